The summed E-state index contributed by atoms with van der Waals surface area (Å²) in [6.07, 6.45) is 0. The Bertz CT molecular complexity index is 867. The molecule has 25 heavy (non-hydrogen) atoms. The van der Waals surface area contributed by atoms with Gasteiger partial charge in [0.05, 0.1) is 30.2 Å². The zero-order valence-electron chi connectivity index (χ0n) is 13.8. The summed E-state index contributed by atoms with van der Waals surface area (Å²) in [6.45, 7) is -0.326. The Hall–Kier alpha value is -1.62. The minimum absolute atomic E-state index is 0.164. The number of nitrogens with one attached hydrogen (secondary N) is 1. The van der Waals surface area contributed by atoms with Gasteiger partial charge in [-0.15, -0.1) is 11.3 Å². The van der Waals surface area contributed by atoms with Crippen LogP contribution in [-0.2, 0) is 14.8 Å². The molecule has 0 saturated carbocycles. The van der Waals surface area contributed by atoms with Crippen LogP contribution in [0.5, 0.6) is 11.5 Å². The van der Waals surface area contributed by atoms with E-state index in [1.807, 2.05) is 0 Å². The summed E-state index contributed by atoms with van der Waals surface area (Å²) >= 11 is 4.31. The number of carbonyl (C=O) groups is 1. The second-order valence-corrected chi connectivity index (χ2v) is 9.67. The maximum Gasteiger partial charge on any atom is 0.252 e. The molecule has 0 unspecified atom stereocenters. The van der Waals surface area contributed by atoms with Crippen LogP contribution in [0.4, 0.5) is 5.69 Å². The van der Waals surface area contributed by atoms with Gasteiger partial charge in [-0.1, -0.05) is 0 Å². The molecule has 1 N–H and O–H groups in total. The van der Waals surface area contributed by atoms with Crippen LogP contribution in [0.2, 0.25) is 0 Å². The van der Waals surface area contributed by atoms with Crippen LogP contribution in [0.3, 0.4) is 0 Å². The van der Waals surface area contributed by atoms with Gasteiger partial charge in [0.1, 0.15) is 15.7 Å². The van der Waals surface area contributed by atoms with Gasteiger partial charge in [-0.05, 0) is 40.2 Å². The number of hydrogen-bond acceptors (Lipinski definition) is 6. The Balaban J connectivity index is 2.09. The van der Waals surface area contributed by atoms with Crippen LogP contribution in [0.1, 0.15) is 0 Å². The zero-order chi connectivity index (χ0) is 18.6. The number of carbonyl (C=O) groups excluding carboxylic acids is 1. The van der Waals surface area contributed by atoms with Crippen LogP contribution in [0, 0.1) is 0 Å². The maximum atomic E-state index is 12.4. The van der Waals surface area contributed by atoms with Gasteiger partial charge in [0, 0.05) is 13.1 Å². The minimum atomic E-state index is -3.72. The van der Waals surface area contributed by atoms with E-state index in [2.05, 4.69) is 21.2 Å². The van der Waals surface area contributed by atoms with E-state index >= 15 is 0 Å². The van der Waals surface area contributed by atoms with Crippen molar-refractivity contribution >= 4 is 48.9 Å². The highest BCUT2D eigenvalue weighted by molar-refractivity contribution is 9.11. The predicted molar refractivity (Wildman–Crippen MR) is 100 cm³/mol. The number of methoxy groups -OCH3 is 2. The van der Waals surface area contributed by atoms with Crippen molar-refractivity contribution in [2.75, 3.05) is 33.1 Å². The average Bonchev–Trinajstić information content (AvgIpc) is 3.02. The molecule has 136 valence electrons. The fourth-order valence-electron chi connectivity index (χ4n) is 1.97. The molecule has 2 rings (SSSR count). The second kappa shape index (κ2) is 8.17. The molecular formula is C15H17BrN2O5S2. The second-order valence-electron chi connectivity index (χ2n) is 4.93. The normalized spacial score (nSPS) is 11.4. The van der Waals surface area contributed by atoms with Crippen molar-refractivity contribution < 1.29 is 22.7 Å². The Morgan fingerprint density at radius 2 is 1.96 bits per heavy atom. The summed E-state index contributed by atoms with van der Waals surface area (Å²) in [6, 6.07) is 8.06. The van der Waals surface area contributed by atoms with E-state index in [4.69, 9.17) is 9.47 Å². The van der Waals surface area contributed by atoms with Crippen molar-refractivity contribution in [3.63, 3.8) is 0 Å². The van der Waals surface area contributed by atoms with Crippen molar-refractivity contribution in [3.05, 3.63) is 34.1 Å². The van der Waals surface area contributed by atoms with Crippen molar-refractivity contribution in [1.82, 2.24) is 4.31 Å². The molecule has 1 heterocycles. The Kier molecular flexibility index (Phi) is 6.44. The third-order valence-electron chi connectivity index (χ3n) is 3.26. The molecule has 0 atom stereocenters. The lowest BCUT2D eigenvalue weighted by Crippen LogP contribution is -2.34. The summed E-state index contributed by atoms with van der Waals surface area (Å²) in [5.74, 6) is 0.517. The molecule has 1 amide bonds. The Morgan fingerprint density at radius 1 is 1.24 bits per heavy atom. The van der Waals surface area contributed by atoms with E-state index in [9.17, 15) is 13.2 Å². The van der Waals surface area contributed by atoms with Gasteiger partial charge in [-0.2, -0.15) is 4.31 Å². The molecule has 0 aliphatic heterocycles. The van der Waals surface area contributed by atoms with Gasteiger partial charge in [0.15, 0.2) is 0 Å². The molecule has 1 aromatic carbocycles. The van der Waals surface area contributed by atoms with Crippen molar-refractivity contribution in [3.8, 4) is 11.5 Å². The van der Waals surface area contributed by atoms with Crippen LogP contribution in [0.15, 0.2) is 38.3 Å². The van der Waals surface area contributed by atoms with E-state index < -0.39 is 15.9 Å². The summed E-state index contributed by atoms with van der Waals surface area (Å²) in [4.78, 5) is 12.2. The largest absolute Gasteiger partial charge is 0.497 e. The van der Waals surface area contributed by atoms with Gasteiger partial charge in [-0.3, -0.25) is 4.79 Å². The van der Waals surface area contributed by atoms with Crippen LogP contribution < -0.4 is 14.8 Å². The van der Waals surface area contributed by atoms with E-state index in [-0.39, 0.29) is 10.8 Å². The number of rotatable bonds is 7. The number of amides is 1. The van der Waals surface area contributed by atoms with Gasteiger partial charge in [-0.25, -0.2) is 8.42 Å². The van der Waals surface area contributed by atoms with Crippen molar-refractivity contribution in [2.45, 2.75) is 4.21 Å². The summed E-state index contributed by atoms with van der Waals surface area (Å²) in [7, 11) is 0.624. The quantitative estimate of drug-likeness (QED) is 0.703. The number of likely N-dealkylation sites (N-methyl/N-ethyl adjacent to an activating group) is 1. The van der Waals surface area contributed by atoms with Gasteiger partial charge in [0.25, 0.3) is 10.0 Å². The Morgan fingerprint density at radius 3 is 2.52 bits per heavy atom. The molecular weight excluding hydrogens is 432 g/mol. The third-order valence-corrected chi connectivity index (χ3v) is 7.16. The van der Waals surface area contributed by atoms with Crippen LogP contribution >= 0.6 is 27.3 Å². The van der Waals surface area contributed by atoms with Crippen LogP contribution in [-0.4, -0.2) is 46.4 Å². The average molecular weight is 449 g/mol. The molecule has 0 saturated heterocycles. The molecule has 2 aromatic rings. The first-order chi connectivity index (χ1) is 11.8. The standard InChI is InChI=1S/C15H17BrN2O5S2/c1-18(25(20,21)15-7-6-13(16)24-15)9-14(19)17-11-5-4-10(22-2)8-12(11)23-3/h4-8H,9H2,1-3H3,(H,17,19). The summed E-state index contributed by atoms with van der Waals surface area (Å²) < 4.78 is 37.0. The third kappa shape index (κ3) is 4.72. The topological polar surface area (TPSA) is 84.9 Å². The minimum Gasteiger partial charge on any atom is -0.497 e. The number of nitrogens with zero attached hydrogens (tertiary/aromatic N) is 1. The van der Waals surface area contributed by atoms with E-state index in [0.717, 1.165) is 15.6 Å². The molecule has 0 aliphatic rings. The van der Waals surface area contributed by atoms with Crippen molar-refractivity contribution in [2.24, 2.45) is 0 Å². The first-order valence-corrected chi connectivity index (χ1v) is 10.1. The molecule has 0 bridgehead atoms. The highest BCUT2D eigenvalue weighted by Gasteiger charge is 2.25. The maximum absolute atomic E-state index is 12.4. The molecule has 7 nitrogen and oxygen atoms in total. The lowest BCUT2D eigenvalue weighted by atomic mass is 10.2. The number of benzene rings is 1. The van der Waals surface area contributed by atoms with E-state index in [1.165, 1.54) is 27.3 Å². The first-order valence-electron chi connectivity index (χ1n) is 7.01. The molecule has 0 spiro atoms. The number of thiophene rings is 1. The summed E-state index contributed by atoms with van der Waals surface area (Å²) in [5.41, 5.74) is 0.429. The number of ether oxygens (including phenoxy) is 2. The molecule has 0 aliphatic carbocycles. The number of sulfonamides is 1. The number of anilines is 1. The smallest absolute Gasteiger partial charge is 0.252 e. The van der Waals surface area contributed by atoms with E-state index in [1.54, 1.807) is 24.3 Å². The van der Waals surface area contributed by atoms with Gasteiger partial charge >= 0.3 is 0 Å². The Labute approximate surface area is 158 Å². The van der Waals surface area contributed by atoms with Gasteiger partial charge in [0.2, 0.25) is 5.91 Å². The lowest BCUT2D eigenvalue weighted by Gasteiger charge is -2.17. The zero-order valence-corrected chi connectivity index (χ0v) is 17.0. The highest BCUT2D eigenvalue weighted by Crippen LogP contribution is 2.30. The number of halogens is 1. The monoisotopic (exact) mass is 448 g/mol. The first kappa shape index (κ1) is 19.7. The summed E-state index contributed by atoms with van der Waals surface area (Å²) in [5, 5.41) is 2.64. The number of hydrogen-bond donors (Lipinski definition) is 1. The van der Waals surface area contributed by atoms with Crippen LogP contribution in [0.25, 0.3) is 0 Å². The molecule has 10 heteroatoms. The molecule has 0 fully saturated rings. The fraction of sp³-hybridized carbons (Fsp3) is 0.267. The highest BCUT2D eigenvalue weighted by atomic mass is 79.9. The molecule has 0 radical (unpaired) electrons. The lowest BCUT2D eigenvalue weighted by molar-refractivity contribution is -0.116. The predicted octanol–water partition coefficient (Wildman–Crippen LogP) is 2.79. The fourth-order valence-corrected chi connectivity index (χ4v) is 5.32. The van der Waals surface area contributed by atoms with Crippen molar-refractivity contribution in [1.29, 1.82) is 0 Å². The molecule has 1 aromatic heterocycles. The van der Waals surface area contributed by atoms with E-state index in [0.29, 0.717) is 21.0 Å². The van der Waals surface area contributed by atoms with Gasteiger partial charge < -0.3 is 14.8 Å². The SMILES string of the molecule is COc1ccc(NC(=O)CN(C)S(=O)(=O)c2ccc(Br)s2)c(OC)c1.